The van der Waals surface area contributed by atoms with Crippen LogP contribution in [0.25, 0.3) is 10.9 Å². The first-order valence-corrected chi connectivity index (χ1v) is 7.20. The van der Waals surface area contributed by atoms with Crippen molar-refractivity contribution >= 4 is 28.1 Å². The van der Waals surface area contributed by atoms with Crippen LogP contribution in [0.1, 0.15) is 18.2 Å². The molecule has 0 unspecified atom stereocenters. The Kier molecular flexibility index (Phi) is 4.05. The SMILES string of the molecule is C/C(=N\O)c1ccc(N)c(NCc2ccc3ncccc3c2)n1. The van der Waals surface area contributed by atoms with Gasteiger partial charge >= 0.3 is 0 Å². The van der Waals surface area contributed by atoms with Crippen molar-refractivity contribution in [2.75, 3.05) is 11.1 Å². The molecule has 3 aromatic rings. The van der Waals surface area contributed by atoms with Gasteiger partial charge in [-0.25, -0.2) is 4.98 Å². The molecule has 116 valence electrons. The molecule has 0 amide bonds. The molecule has 6 nitrogen and oxygen atoms in total. The third-order valence-corrected chi connectivity index (χ3v) is 3.57. The van der Waals surface area contributed by atoms with Crippen molar-refractivity contribution in [3.05, 3.63) is 59.9 Å². The zero-order chi connectivity index (χ0) is 16.2. The molecule has 6 heteroatoms. The van der Waals surface area contributed by atoms with E-state index in [1.165, 1.54) is 0 Å². The van der Waals surface area contributed by atoms with Crippen molar-refractivity contribution in [1.29, 1.82) is 0 Å². The number of nitrogens with one attached hydrogen (secondary N) is 1. The number of benzene rings is 1. The predicted molar refractivity (Wildman–Crippen MR) is 91.7 cm³/mol. The molecular formula is C17H17N5O. The molecule has 1 aromatic carbocycles. The van der Waals surface area contributed by atoms with Gasteiger partial charge in [0.15, 0.2) is 0 Å². The van der Waals surface area contributed by atoms with E-state index in [1.807, 2.05) is 24.3 Å². The van der Waals surface area contributed by atoms with Crippen LogP contribution in [0.15, 0.2) is 53.8 Å². The summed E-state index contributed by atoms with van der Waals surface area (Å²) in [5, 5.41) is 16.3. The molecule has 0 atom stereocenters. The Morgan fingerprint density at radius 2 is 2.13 bits per heavy atom. The van der Waals surface area contributed by atoms with Crippen LogP contribution < -0.4 is 11.1 Å². The lowest BCUT2D eigenvalue weighted by molar-refractivity contribution is 0.319. The number of hydrogen-bond acceptors (Lipinski definition) is 6. The first-order valence-electron chi connectivity index (χ1n) is 7.20. The van der Waals surface area contributed by atoms with Gasteiger partial charge < -0.3 is 16.3 Å². The summed E-state index contributed by atoms with van der Waals surface area (Å²) in [6.45, 7) is 2.26. The topological polar surface area (TPSA) is 96.4 Å². The lowest BCUT2D eigenvalue weighted by atomic mass is 10.1. The van der Waals surface area contributed by atoms with Crippen LogP contribution >= 0.6 is 0 Å². The lowest BCUT2D eigenvalue weighted by Crippen LogP contribution is -2.08. The van der Waals surface area contributed by atoms with E-state index in [0.29, 0.717) is 29.5 Å². The highest BCUT2D eigenvalue weighted by molar-refractivity contribution is 5.97. The van der Waals surface area contributed by atoms with E-state index < -0.39 is 0 Å². The van der Waals surface area contributed by atoms with Gasteiger partial charge in [0.25, 0.3) is 0 Å². The average Bonchev–Trinajstić information content (AvgIpc) is 2.60. The van der Waals surface area contributed by atoms with Crippen LogP contribution in [0.5, 0.6) is 0 Å². The number of nitrogens with two attached hydrogens (primary N) is 1. The number of rotatable bonds is 4. The fraction of sp³-hybridized carbons (Fsp3) is 0.118. The summed E-state index contributed by atoms with van der Waals surface area (Å²) in [6.07, 6.45) is 1.78. The van der Waals surface area contributed by atoms with Gasteiger partial charge in [-0.1, -0.05) is 17.3 Å². The smallest absolute Gasteiger partial charge is 0.150 e. The van der Waals surface area contributed by atoms with Crippen molar-refractivity contribution < 1.29 is 5.21 Å². The molecule has 23 heavy (non-hydrogen) atoms. The van der Waals surface area contributed by atoms with Gasteiger partial charge in [0, 0.05) is 18.1 Å². The van der Waals surface area contributed by atoms with Gasteiger partial charge in [0.05, 0.1) is 16.9 Å². The summed E-state index contributed by atoms with van der Waals surface area (Å²) in [6, 6.07) is 13.5. The molecule has 2 aromatic heterocycles. The number of hydrogen-bond donors (Lipinski definition) is 3. The molecule has 0 saturated heterocycles. The molecule has 0 radical (unpaired) electrons. The van der Waals surface area contributed by atoms with Gasteiger partial charge in [0.2, 0.25) is 0 Å². The van der Waals surface area contributed by atoms with Gasteiger partial charge in [-0.3, -0.25) is 4.98 Å². The van der Waals surface area contributed by atoms with E-state index in [4.69, 9.17) is 10.9 Å². The average molecular weight is 307 g/mol. The molecule has 3 rings (SSSR count). The van der Waals surface area contributed by atoms with Crippen LogP contribution in [0.3, 0.4) is 0 Å². The standard InChI is InChI=1S/C17H17N5O/c1-11(22-23)15-7-5-14(18)17(21-15)20-10-12-4-6-16-13(9-12)3-2-8-19-16/h2-9,23H,10,18H2,1H3,(H,20,21)/b22-11+. The van der Waals surface area contributed by atoms with Gasteiger partial charge in [-0.05, 0) is 42.8 Å². The first-order chi connectivity index (χ1) is 11.2. The first kappa shape index (κ1) is 14.8. The highest BCUT2D eigenvalue weighted by Gasteiger charge is 2.06. The van der Waals surface area contributed by atoms with E-state index in [1.54, 1.807) is 25.3 Å². The Balaban J connectivity index is 1.81. The van der Waals surface area contributed by atoms with Crippen molar-refractivity contribution in [1.82, 2.24) is 9.97 Å². The van der Waals surface area contributed by atoms with Crippen LogP contribution in [0, 0.1) is 0 Å². The number of nitrogens with zero attached hydrogens (tertiary/aromatic N) is 3. The maximum Gasteiger partial charge on any atom is 0.150 e. The molecule has 0 spiro atoms. The van der Waals surface area contributed by atoms with Gasteiger partial charge in [-0.2, -0.15) is 0 Å². The number of nitrogen functional groups attached to an aromatic ring is 1. The van der Waals surface area contributed by atoms with E-state index in [9.17, 15) is 0 Å². The number of fused-ring (bicyclic) bond motifs is 1. The summed E-state index contributed by atoms with van der Waals surface area (Å²) in [5.41, 5.74) is 9.57. The largest absolute Gasteiger partial charge is 0.411 e. The molecule has 2 heterocycles. The number of anilines is 2. The highest BCUT2D eigenvalue weighted by atomic mass is 16.4. The monoisotopic (exact) mass is 307 g/mol. The second-order valence-electron chi connectivity index (χ2n) is 5.20. The Labute approximate surface area is 133 Å². The van der Waals surface area contributed by atoms with Crippen molar-refractivity contribution in [2.24, 2.45) is 5.16 Å². The molecule has 0 saturated carbocycles. The van der Waals surface area contributed by atoms with E-state index >= 15 is 0 Å². The van der Waals surface area contributed by atoms with E-state index in [2.05, 4.69) is 26.5 Å². The number of oxime groups is 1. The second kappa shape index (κ2) is 6.31. The maximum absolute atomic E-state index is 8.85. The summed E-state index contributed by atoms with van der Waals surface area (Å²) < 4.78 is 0. The van der Waals surface area contributed by atoms with E-state index in [-0.39, 0.29) is 0 Å². The molecule has 0 bridgehead atoms. The molecule has 0 aliphatic carbocycles. The summed E-state index contributed by atoms with van der Waals surface area (Å²) in [4.78, 5) is 8.69. The predicted octanol–water partition coefficient (Wildman–Crippen LogP) is 3.02. The number of pyridine rings is 2. The summed E-state index contributed by atoms with van der Waals surface area (Å²) in [5.74, 6) is 0.566. The Morgan fingerprint density at radius 3 is 2.96 bits per heavy atom. The normalized spacial score (nSPS) is 11.6. The fourth-order valence-electron chi connectivity index (χ4n) is 2.29. The van der Waals surface area contributed by atoms with Crippen molar-refractivity contribution in [3.63, 3.8) is 0 Å². The third kappa shape index (κ3) is 3.21. The Bertz CT molecular complexity index is 876. The second-order valence-corrected chi connectivity index (χ2v) is 5.20. The maximum atomic E-state index is 8.85. The Morgan fingerprint density at radius 1 is 1.26 bits per heavy atom. The number of aromatic nitrogens is 2. The Hall–Kier alpha value is -3.15. The summed E-state index contributed by atoms with van der Waals surface area (Å²) in [7, 11) is 0. The summed E-state index contributed by atoms with van der Waals surface area (Å²) >= 11 is 0. The third-order valence-electron chi connectivity index (χ3n) is 3.57. The highest BCUT2D eigenvalue weighted by Crippen LogP contribution is 2.19. The minimum atomic E-state index is 0.435. The molecule has 0 aliphatic rings. The minimum absolute atomic E-state index is 0.435. The minimum Gasteiger partial charge on any atom is -0.411 e. The molecular weight excluding hydrogens is 290 g/mol. The van der Waals surface area contributed by atoms with Crippen molar-refractivity contribution in [2.45, 2.75) is 13.5 Å². The molecule has 4 N–H and O–H groups in total. The van der Waals surface area contributed by atoms with Gasteiger partial charge in [0.1, 0.15) is 11.5 Å². The quantitative estimate of drug-likeness (QED) is 0.391. The van der Waals surface area contributed by atoms with Gasteiger partial charge in [-0.15, -0.1) is 0 Å². The van der Waals surface area contributed by atoms with Crippen LogP contribution in [0.2, 0.25) is 0 Å². The fourth-order valence-corrected chi connectivity index (χ4v) is 2.29. The van der Waals surface area contributed by atoms with Crippen LogP contribution in [0.4, 0.5) is 11.5 Å². The molecule has 0 fully saturated rings. The van der Waals surface area contributed by atoms with Crippen LogP contribution in [-0.2, 0) is 6.54 Å². The van der Waals surface area contributed by atoms with E-state index in [0.717, 1.165) is 16.5 Å². The zero-order valence-corrected chi connectivity index (χ0v) is 12.7. The zero-order valence-electron chi connectivity index (χ0n) is 12.7. The van der Waals surface area contributed by atoms with Crippen LogP contribution in [-0.4, -0.2) is 20.9 Å². The molecule has 0 aliphatic heterocycles. The van der Waals surface area contributed by atoms with Crippen molar-refractivity contribution in [3.8, 4) is 0 Å². The lowest BCUT2D eigenvalue weighted by Gasteiger charge is -2.10.